The molecule has 0 N–H and O–H groups in total. The monoisotopic (exact) mass is 381 g/mol. The minimum atomic E-state index is -0.156. The van der Waals surface area contributed by atoms with Crippen LogP contribution in [-0.4, -0.2) is 27.3 Å². The minimum absolute atomic E-state index is 0.156. The van der Waals surface area contributed by atoms with Gasteiger partial charge in [0.25, 0.3) is 5.91 Å². The van der Waals surface area contributed by atoms with Crippen LogP contribution in [-0.2, 0) is 6.54 Å². The van der Waals surface area contributed by atoms with Crippen molar-refractivity contribution in [3.05, 3.63) is 95.8 Å². The highest BCUT2D eigenvalue weighted by Gasteiger charge is 2.20. The van der Waals surface area contributed by atoms with E-state index in [0.717, 1.165) is 27.7 Å². The lowest BCUT2D eigenvalue weighted by molar-refractivity contribution is 0.0741. The van der Waals surface area contributed by atoms with Crippen molar-refractivity contribution >= 4 is 16.8 Å². The Hall–Kier alpha value is -3.53. The maximum atomic E-state index is 13.3. The maximum absolute atomic E-state index is 13.3. The Morgan fingerprint density at radius 3 is 2.28 bits per heavy atom. The third-order valence-corrected chi connectivity index (χ3v) is 5.00. The molecular weight excluding hydrogens is 358 g/mol. The van der Waals surface area contributed by atoms with Gasteiger partial charge in [0.15, 0.2) is 0 Å². The van der Waals surface area contributed by atoms with Crippen LogP contribution in [0.2, 0.25) is 0 Å². The van der Waals surface area contributed by atoms with Crippen molar-refractivity contribution in [3.8, 4) is 11.3 Å². The van der Waals surface area contributed by atoms with Crippen LogP contribution >= 0.6 is 0 Å². The van der Waals surface area contributed by atoms with Gasteiger partial charge in [-0.1, -0.05) is 78.4 Å². The van der Waals surface area contributed by atoms with Gasteiger partial charge in [-0.2, -0.15) is 0 Å². The number of aryl methyl sites for hydroxylation is 1. The lowest BCUT2D eigenvalue weighted by Gasteiger charge is -2.21. The van der Waals surface area contributed by atoms with Crippen molar-refractivity contribution in [2.24, 2.45) is 0 Å². The topological polar surface area (TPSA) is 46.1 Å². The first-order valence-electron chi connectivity index (χ1n) is 9.82. The fourth-order valence-electron chi connectivity index (χ4n) is 3.37. The third kappa shape index (κ3) is 4.02. The van der Waals surface area contributed by atoms with Gasteiger partial charge in [0.1, 0.15) is 0 Å². The maximum Gasteiger partial charge on any atom is 0.291 e. The average molecular weight is 381 g/mol. The van der Waals surface area contributed by atoms with Gasteiger partial charge < -0.3 is 4.90 Å². The number of hydrogen-bond acceptors (Lipinski definition) is 3. The molecule has 0 atom stereocenters. The summed E-state index contributed by atoms with van der Waals surface area (Å²) in [6.45, 7) is 5.15. The Kier molecular flexibility index (Phi) is 5.34. The fraction of sp³-hybridized carbons (Fsp3) is 0.160. The van der Waals surface area contributed by atoms with Gasteiger partial charge >= 0.3 is 0 Å². The van der Waals surface area contributed by atoms with Crippen LogP contribution in [0.15, 0.2) is 78.9 Å². The molecule has 0 aliphatic carbocycles. The first-order valence-corrected chi connectivity index (χ1v) is 9.82. The Balaban J connectivity index is 1.74. The summed E-state index contributed by atoms with van der Waals surface area (Å²) in [5, 5.41) is 0.942. The highest BCUT2D eigenvalue weighted by atomic mass is 16.2. The van der Waals surface area contributed by atoms with E-state index in [-0.39, 0.29) is 11.7 Å². The molecule has 0 aliphatic heterocycles. The van der Waals surface area contributed by atoms with Gasteiger partial charge in [-0.25, -0.2) is 9.97 Å². The van der Waals surface area contributed by atoms with E-state index in [0.29, 0.717) is 13.1 Å². The predicted octanol–water partition coefficient (Wildman–Crippen LogP) is 5.27. The molecule has 144 valence electrons. The summed E-state index contributed by atoms with van der Waals surface area (Å²) in [6.07, 6.45) is 0. The number of para-hydroxylation sites is 1. The molecule has 0 fully saturated rings. The molecule has 3 aromatic carbocycles. The summed E-state index contributed by atoms with van der Waals surface area (Å²) in [5.74, 6) is 0.0764. The van der Waals surface area contributed by atoms with Crippen LogP contribution in [0.4, 0.5) is 0 Å². The third-order valence-electron chi connectivity index (χ3n) is 5.00. The number of benzene rings is 3. The van der Waals surface area contributed by atoms with Crippen LogP contribution in [0.1, 0.15) is 28.7 Å². The van der Waals surface area contributed by atoms with E-state index >= 15 is 0 Å². The molecule has 0 spiro atoms. The summed E-state index contributed by atoms with van der Waals surface area (Å²) >= 11 is 0. The van der Waals surface area contributed by atoms with E-state index in [9.17, 15) is 4.79 Å². The van der Waals surface area contributed by atoms with Gasteiger partial charge in [-0.3, -0.25) is 4.79 Å². The molecule has 4 nitrogen and oxygen atoms in total. The first-order chi connectivity index (χ1) is 14.2. The number of carbonyl (C=O) groups excluding carboxylic acids is 1. The zero-order chi connectivity index (χ0) is 20.2. The molecule has 0 aliphatic rings. The van der Waals surface area contributed by atoms with Gasteiger partial charge in [0.2, 0.25) is 5.82 Å². The number of fused-ring (bicyclic) bond motifs is 1. The number of hydrogen-bond donors (Lipinski definition) is 0. The van der Waals surface area contributed by atoms with Crippen molar-refractivity contribution in [3.63, 3.8) is 0 Å². The largest absolute Gasteiger partial charge is 0.332 e. The Morgan fingerprint density at radius 1 is 0.862 bits per heavy atom. The zero-order valence-corrected chi connectivity index (χ0v) is 16.7. The quantitative estimate of drug-likeness (QED) is 0.473. The second-order valence-corrected chi connectivity index (χ2v) is 7.08. The first kappa shape index (κ1) is 18.8. The average Bonchev–Trinajstić information content (AvgIpc) is 2.78. The Labute approximate surface area is 170 Å². The normalized spacial score (nSPS) is 10.8. The van der Waals surface area contributed by atoms with Crippen LogP contribution < -0.4 is 0 Å². The van der Waals surface area contributed by atoms with Crippen LogP contribution in [0.5, 0.6) is 0 Å². The number of carbonyl (C=O) groups is 1. The summed E-state index contributed by atoms with van der Waals surface area (Å²) in [5.41, 5.74) is 4.83. The van der Waals surface area contributed by atoms with Crippen molar-refractivity contribution < 1.29 is 4.79 Å². The molecule has 0 unspecified atom stereocenters. The number of aromatic nitrogens is 2. The highest BCUT2D eigenvalue weighted by molar-refractivity contribution is 5.97. The van der Waals surface area contributed by atoms with Gasteiger partial charge in [-0.15, -0.1) is 0 Å². The second kappa shape index (κ2) is 8.23. The van der Waals surface area contributed by atoms with E-state index in [1.54, 1.807) is 4.90 Å². The van der Waals surface area contributed by atoms with Crippen LogP contribution in [0, 0.1) is 6.92 Å². The molecule has 1 aromatic heterocycles. The smallest absolute Gasteiger partial charge is 0.291 e. The molecule has 4 aromatic rings. The Bertz CT molecular complexity index is 1140. The lowest BCUT2D eigenvalue weighted by Crippen LogP contribution is -2.31. The summed E-state index contributed by atoms with van der Waals surface area (Å²) in [4.78, 5) is 24.3. The summed E-state index contributed by atoms with van der Waals surface area (Å²) in [6, 6.07) is 26.0. The molecule has 4 rings (SSSR count). The molecular formula is C25H23N3O. The molecule has 0 radical (unpaired) electrons. The predicted molar refractivity (Wildman–Crippen MR) is 117 cm³/mol. The summed E-state index contributed by atoms with van der Waals surface area (Å²) in [7, 11) is 0. The van der Waals surface area contributed by atoms with E-state index in [4.69, 9.17) is 4.98 Å². The van der Waals surface area contributed by atoms with Gasteiger partial charge in [-0.05, 0) is 25.5 Å². The van der Waals surface area contributed by atoms with Gasteiger partial charge in [0.05, 0.1) is 11.2 Å². The molecule has 29 heavy (non-hydrogen) atoms. The SMILES string of the molecule is CCN(Cc1ccc(C)cc1)C(=O)c1nc(-c2ccccc2)c2ccccc2n1. The number of rotatable bonds is 5. The molecule has 1 amide bonds. The van der Waals surface area contributed by atoms with E-state index < -0.39 is 0 Å². The second-order valence-electron chi connectivity index (χ2n) is 7.08. The zero-order valence-electron chi connectivity index (χ0n) is 16.7. The van der Waals surface area contributed by atoms with E-state index in [1.165, 1.54) is 5.56 Å². The van der Waals surface area contributed by atoms with Crippen molar-refractivity contribution in [1.29, 1.82) is 0 Å². The fourth-order valence-corrected chi connectivity index (χ4v) is 3.37. The van der Waals surface area contributed by atoms with Crippen LogP contribution in [0.25, 0.3) is 22.2 Å². The Morgan fingerprint density at radius 2 is 1.55 bits per heavy atom. The van der Waals surface area contributed by atoms with Crippen molar-refractivity contribution in [1.82, 2.24) is 14.9 Å². The standard InChI is InChI=1S/C25H23N3O/c1-3-28(17-19-15-13-18(2)14-16-19)25(29)24-26-22-12-8-7-11-21(22)23(27-24)20-9-5-4-6-10-20/h4-16H,3,17H2,1-2H3. The minimum Gasteiger partial charge on any atom is -0.332 e. The molecule has 0 saturated carbocycles. The number of nitrogens with zero attached hydrogens (tertiary/aromatic N) is 3. The van der Waals surface area contributed by atoms with Gasteiger partial charge in [0, 0.05) is 24.0 Å². The van der Waals surface area contributed by atoms with E-state index in [2.05, 4.69) is 36.2 Å². The molecule has 0 bridgehead atoms. The van der Waals surface area contributed by atoms with E-state index in [1.807, 2.05) is 61.5 Å². The lowest BCUT2D eigenvalue weighted by atomic mass is 10.1. The molecule has 4 heteroatoms. The highest BCUT2D eigenvalue weighted by Crippen LogP contribution is 2.26. The summed E-state index contributed by atoms with van der Waals surface area (Å²) < 4.78 is 0. The molecule has 1 heterocycles. The molecule has 0 saturated heterocycles. The van der Waals surface area contributed by atoms with Crippen LogP contribution in [0.3, 0.4) is 0 Å². The van der Waals surface area contributed by atoms with Crippen molar-refractivity contribution in [2.45, 2.75) is 20.4 Å². The number of amides is 1. The van der Waals surface area contributed by atoms with Crippen molar-refractivity contribution in [2.75, 3.05) is 6.54 Å².